The van der Waals surface area contributed by atoms with Crippen molar-refractivity contribution in [3.8, 4) is 0 Å². The molecule has 0 radical (unpaired) electrons. The Bertz CT molecular complexity index is 440. The minimum atomic E-state index is -0.790. The van der Waals surface area contributed by atoms with Gasteiger partial charge >= 0.3 is 0 Å². The van der Waals surface area contributed by atoms with Gasteiger partial charge in [0.15, 0.2) is 0 Å². The van der Waals surface area contributed by atoms with Crippen LogP contribution in [0.2, 0.25) is 0 Å². The van der Waals surface area contributed by atoms with E-state index in [-0.39, 0.29) is 5.69 Å². The zero-order valence-corrected chi connectivity index (χ0v) is 12.3. The SMILES string of the molecule is CCS(=O)CCNc1ccc([N+](=O)[O-])c(I)c1. The number of nitro benzene ring substituents is 1. The molecule has 0 amide bonds. The summed E-state index contributed by atoms with van der Waals surface area (Å²) in [6.45, 7) is 2.49. The van der Waals surface area contributed by atoms with Gasteiger partial charge < -0.3 is 5.32 Å². The van der Waals surface area contributed by atoms with Crippen LogP contribution in [0.4, 0.5) is 11.4 Å². The first kappa shape index (κ1) is 14.4. The number of hydrogen-bond acceptors (Lipinski definition) is 4. The highest BCUT2D eigenvalue weighted by Gasteiger charge is 2.11. The first-order valence-electron chi connectivity index (χ1n) is 5.07. The summed E-state index contributed by atoms with van der Waals surface area (Å²) < 4.78 is 11.8. The van der Waals surface area contributed by atoms with Crippen molar-refractivity contribution in [2.24, 2.45) is 0 Å². The lowest BCUT2D eigenvalue weighted by atomic mass is 10.3. The number of hydrogen-bond donors (Lipinski definition) is 1. The zero-order valence-electron chi connectivity index (χ0n) is 9.31. The number of halogens is 1. The second-order valence-corrected chi connectivity index (χ2v) is 6.31. The molecule has 1 atom stereocenters. The molecule has 17 heavy (non-hydrogen) atoms. The molecular formula is C10H13IN2O3S. The molecule has 1 rings (SSSR count). The summed E-state index contributed by atoms with van der Waals surface area (Å²) in [6.07, 6.45) is 0. The van der Waals surface area contributed by atoms with Crippen molar-refractivity contribution in [3.63, 3.8) is 0 Å². The number of rotatable bonds is 6. The molecule has 1 aromatic carbocycles. The second-order valence-electron chi connectivity index (χ2n) is 3.28. The Morgan fingerprint density at radius 1 is 1.53 bits per heavy atom. The molecule has 7 heteroatoms. The Balaban J connectivity index is 2.59. The summed E-state index contributed by atoms with van der Waals surface area (Å²) >= 11 is 1.93. The largest absolute Gasteiger partial charge is 0.384 e. The van der Waals surface area contributed by atoms with Gasteiger partial charge in [-0.3, -0.25) is 14.3 Å². The van der Waals surface area contributed by atoms with Crippen LogP contribution in [-0.2, 0) is 10.8 Å². The number of anilines is 1. The number of nitro groups is 1. The van der Waals surface area contributed by atoms with E-state index < -0.39 is 15.7 Å². The maximum atomic E-state index is 11.2. The lowest BCUT2D eigenvalue weighted by Gasteiger charge is -2.06. The van der Waals surface area contributed by atoms with E-state index in [1.54, 1.807) is 12.1 Å². The third kappa shape index (κ3) is 4.58. The van der Waals surface area contributed by atoms with Crippen molar-refractivity contribution in [1.82, 2.24) is 0 Å². The average Bonchev–Trinajstić information content (AvgIpc) is 2.28. The fourth-order valence-corrected chi connectivity index (χ4v) is 2.55. The van der Waals surface area contributed by atoms with E-state index in [1.165, 1.54) is 6.07 Å². The van der Waals surface area contributed by atoms with E-state index in [1.807, 2.05) is 29.5 Å². The van der Waals surface area contributed by atoms with Gasteiger partial charge in [0, 0.05) is 40.6 Å². The summed E-state index contributed by atoms with van der Waals surface area (Å²) in [6, 6.07) is 4.85. The number of benzene rings is 1. The Morgan fingerprint density at radius 2 is 2.24 bits per heavy atom. The predicted octanol–water partition coefficient (Wildman–Crippen LogP) is 2.38. The first-order valence-corrected chi connectivity index (χ1v) is 7.64. The molecular weight excluding hydrogens is 355 g/mol. The number of nitrogens with one attached hydrogen (secondary N) is 1. The molecule has 0 saturated heterocycles. The van der Waals surface area contributed by atoms with E-state index in [2.05, 4.69) is 5.32 Å². The third-order valence-electron chi connectivity index (χ3n) is 2.13. The van der Waals surface area contributed by atoms with Crippen LogP contribution in [0.3, 0.4) is 0 Å². The van der Waals surface area contributed by atoms with Crippen molar-refractivity contribution >= 4 is 44.8 Å². The van der Waals surface area contributed by atoms with Crippen molar-refractivity contribution in [1.29, 1.82) is 0 Å². The highest BCUT2D eigenvalue weighted by molar-refractivity contribution is 14.1. The van der Waals surface area contributed by atoms with Crippen LogP contribution >= 0.6 is 22.6 Å². The molecule has 0 saturated carbocycles. The van der Waals surface area contributed by atoms with Crippen LogP contribution in [0.15, 0.2) is 18.2 Å². The molecule has 0 aliphatic rings. The fourth-order valence-electron chi connectivity index (χ4n) is 1.22. The van der Waals surface area contributed by atoms with Crippen LogP contribution in [0.25, 0.3) is 0 Å². The van der Waals surface area contributed by atoms with Crippen molar-refractivity contribution < 1.29 is 9.13 Å². The van der Waals surface area contributed by atoms with Gasteiger partial charge in [-0.15, -0.1) is 0 Å². The highest BCUT2D eigenvalue weighted by Crippen LogP contribution is 2.23. The molecule has 1 unspecified atom stereocenters. The van der Waals surface area contributed by atoms with E-state index in [4.69, 9.17) is 0 Å². The maximum absolute atomic E-state index is 11.2. The van der Waals surface area contributed by atoms with Gasteiger partial charge in [0.25, 0.3) is 5.69 Å². The van der Waals surface area contributed by atoms with Gasteiger partial charge in [-0.25, -0.2) is 0 Å². The van der Waals surface area contributed by atoms with Gasteiger partial charge in [-0.05, 0) is 34.7 Å². The average molecular weight is 368 g/mol. The van der Waals surface area contributed by atoms with Crippen LogP contribution < -0.4 is 5.32 Å². The zero-order chi connectivity index (χ0) is 12.8. The Kier molecular flexibility index (Phi) is 5.83. The summed E-state index contributed by atoms with van der Waals surface area (Å²) in [7, 11) is -0.790. The van der Waals surface area contributed by atoms with Gasteiger partial charge in [0.05, 0.1) is 8.49 Å². The topological polar surface area (TPSA) is 72.2 Å². The summed E-state index contributed by atoms with van der Waals surface area (Å²) in [5.41, 5.74) is 0.918. The van der Waals surface area contributed by atoms with Gasteiger partial charge in [0.1, 0.15) is 0 Å². The minimum Gasteiger partial charge on any atom is -0.384 e. The molecule has 5 nitrogen and oxygen atoms in total. The Hall–Kier alpha value is -0.700. The smallest absolute Gasteiger partial charge is 0.282 e. The molecule has 1 aromatic rings. The number of nitrogens with zero attached hydrogens (tertiary/aromatic N) is 1. The summed E-state index contributed by atoms with van der Waals surface area (Å²) in [5.74, 6) is 1.24. The lowest BCUT2D eigenvalue weighted by Crippen LogP contribution is -2.12. The molecule has 0 spiro atoms. The van der Waals surface area contributed by atoms with Gasteiger partial charge in [-0.1, -0.05) is 6.92 Å². The molecule has 0 aromatic heterocycles. The van der Waals surface area contributed by atoms with Gasteiger partial charge in [0.2, 0.25) is 0 Å². The highest BCUT2D eigenvalue weighted by atomic mass is 127. The Labute approximate surface area is 116 Å². The van der Waals surface area contributed by atoms with E-state index >= 15 is 0 Å². The van der Waals surface area contributed by atoms with E-state index in [0.717, 1.165) is 5.69 Å². The summed E-state index contributed by atoms with van der Waals surface area (Å²) in [5, 5.41) is 13.7. The van der Waals surface area contributed by atoms with Gasteiger partial charge in [-0.2, -0.15) is 0 Å². The Morgan fingerprint density at radius 3 is 2.76 bits per heavy atom. The van der Waals surface area contributed by atoms with Crippen molar-refractivity contribution in [3.05, 3.63) is 31.9 Å². The first-order chi connectivity index (χ1) is 8.04. The fraction of sp³-hybridized carbons (Fsp3) is 0.400. The molecule has 0 fully saturated rings. The molecule has 0 aliphatic heterocycles. The minimum absolute atomic E-state index is 0.105. The summed E-state index contributed by atoms with van der Waals surface area (Å²) in [4.78, 5) is 10.2. The third-order valence-corrected chi connectivity index (χ3v) is 4.29. The standard InChI is InChI=1S/C10H13IN2O3S/c1-2-17(16)6-5-12-8-3-4-10(13(14)15)9(11)7-8/h3-4,7,12H,2,5-6H2,1H3. The quantitative estimate of drug-likeness (QED) is 0.476. The molecule has 0 bridgehead atoms. The van der Waals surface area contributed by atoms with Crippen LogP contribution in [0, 0.1) is 13.7 Å². The van der Waals surface area contributed by atoms with E-state index in [9.17, 15) is 14.3 Å². The maximum Gasteiger partial charge on any atom is 0.282 e. The van der Waals surface area contributed by atoms with Crippen LogP contribution in [-0.4, -0.2) is 27.2 Å². The molecule has 94 valence electrons. The monoisotopic (exact) mass is 368 g/mol. The molecule has 0 heterocycles. The predicted molar refractivity (Wildman–Crippen MR) is 77.9 cm³/mol. The molecule has 1 N–H and O–H groups in total. The second kappa shape index (κ2) is 6.90. The van der Waals surface area contributed by atoms with Crippen molar-refractivity contribution in [2.45, 2.75) is 6.92 Å². The van der Waals surface area contributed by atoms with Crippen molar-refractivity contribution in [2.75, 3.05) is 23.4 Å². The van der Waals surface area contributed by atoms with Crippen LogP contribution in [0.5, 0.6) is 0 Å². The van der Waals surface area contributed by atoms with Crippen LogP contribution in [0.1, 0.15) is 6.92 Å². The molecule has 0 aliphatic carbocycles. The lowest BCUT2D eigenvalue weighted by molar-refractivity contribution is -0.385. The normalized spacial score (nSPS) is 12.1. The van der Waals surface area contributed by atoms with E-state index in [0.29, 0.717) is 21.6 Å².